The highest BCUT2D eigenvalue weighted by atomic mass is 16.2. The van der Waals surface area contributed by atoms with Crippen LogP contribution in [0.1, 0.15) is 62.8 Å². The second kappa shape index (κ2) is 10.5. The van der Waals surface area contributed by atoms with E-state index in [0.29, 0.717) is 30.8 Å². The largest absolute Gasteiger partial charge is 0.353 e. The van der Waals surface area contributed by atoms with E-state index >= 15 is 0 Å². The normalized spacial score (nSPS) is 20.1. The number of carbonyl (C=O) groups is 2. The molecule has 3 aliphatic rings. The second-order valence-electron chi connectivity index (χ2n) is 10.2. The summed E-state index contributed by atoms with van der Waals surface area (Å²) < 4.78 is 0. The van der Waals surface area contributed by atoms with Gasteiger partial charge < -0.3 is 15.1 Å². The minimum absolute atomic E-state index is 0.0304. The quantitative estimate of drug-likeness (QED) is 0.697. The molecule has 7 heteroatoms. The number of benzene rings is 1. The molecule has 2 saturated heterocycles. The highest BCUT2D eigenvalue weighted by molar-refractivity contribution is 5.94. The number of carbonyl (C=O) groups excluding carboxylic acids is 2. The molecule has 1 aliphatic carbocycles. The number of aromatic nitrogens is 2. The SMILES string of the molecule is O=C(Nc1ccc(C2CCN(C(=O)CC3CCCCC3)CC2)cc1)C1CN(c2cccnn2)C1. The summed E-state index contributed by atoms with van der Waals surface area (Å²) in [5.74, 6) is 2.29. The van der Waals surface area contributed by atoms with Gasteiger partial charge in [-0.25, -0.2) is 0 Å². The van der Waals surface area contributed by atoms with Crippen LogP contribution in [0.15, 0.2) is 42.6 Å². The third-order valence-electron chi connectivity index (χ3n) is 7.82. The molecule has 0 spiro atoms. The van der Waals surface area contributed by atoms with Crippen molar-refractivity contribution in [3.8, 4) is 0 Å². The third kappa shape index (κ3) is 5.40. The lowest BCUT2D eigenvalue weighted by Gasteiger charge is -2.38. The Bertz CT molecular complexity index is 960. The number of rotatable bonds is 6. The van der Waals surface area contributed by atoms with Gasteiger partial charge in [0.25, 0.3) is 0 Å². The first-order valence-electron chi connectivity index (χ1n) is 12.9. The minimum atomic E-state index is -0.0304. The van der Waals surface area contributed by atoms with E-state index < -0.39 is 0 Å². The summed E-state index contributed by atoms with van der Waals surface area (Å²) in [4.78, 5) is 29.5. The summed E-state index contributed by atoms with van der Waals surface area (Å²) in [7, 11) is 0. The monoisotopic (exact) mass is 461 g/mol. The number of nitrogens with one attached hydrogen (secondary N) is 1. The van der Waals surface area contributed by atoms with Crippen LogP contribution >= 0.6 is 0 Å². The Morgan fingerprint density at radius 2 is 1.68 bits per heavy atom. The number of anilines is 2. The van der Waals surface area contributed by atoms with Crippen molar-refractivity contribution in [2.75, 3.05) is 36.4 Å². The van der Waals surface area contributed by atoms with Crippen LogP contribution in [0, 0.1) is 11.8 Å². The first-order valence-corrected chi connectivity index (χ1v) is 12.9. The highest BCUT2D eigenvalue weighted by Crippen LogP contribution is 2.31. The second-order valence-corrected chi connectivity index (χ2v) is 10.2. The Hall–Kier alpha value is -2.96. The fourth-order valence-corrected chi connectivity index (χ4v) is 5.61. The Kier molecular flexibility index (Phi) is 7.07. The van der Waals surface area contributed by atoms with Crippen molar-refractivity contribution in [1.82, 2.24) is 15.1 Å². The van der Waals surface area contributed by atoms with Crippen molar-refractivity contribution < 1.29 is 9.59 Å². The molecular weight excluding hydrogens is 426 g/mol. The van der Waals surface area contributed by atoms with Gasteiger partial charge in [-0.05, 0) is 67.3 Å². The summed E-state index contributed by atoms with van der Waals surface area (Å²) in [5, 5.41) is 11.0. The van der Waals surface area contributed by atoms with Crippen LogP contribution in [0.2, 0.25) is 0 Å². The van der Waals surface area contributed by atoms with Crippen LogP contribution < -0.4 is 10.2 Å². The molecule has 2 aromatic rings. The van der Waals surface area contributed by atoms with Crippen LogP contribution in [-0.2, 0) is 9.59 Å². The molecule has 180 valence electrons. The maximum absolute atomic E-state index is 12.7. The molecule has 2 aliphatic heterocycles. The zero-order valence-electron chi connectivity index (χ0n) is 19.9. The molecule has 0 radical (unpaired) electrons. The van der Waals surface area contributed by atoms with Crippen LogP contribution in [0.5, 0.6) is 0 Å². The summed E-state index contributed by atoms with van der Waals surface area (Å²) in [6.45, 7) is 3.05. The van der Waals surface area contributed by atoms with Gasteiger partial charge in [0.05, 0.1) is 5.92 Å². The summed E-state index contributed by atoms with van der Waals surface area (Å²) >= 11 is 0. The molecule has 34 heavy (non-hydrogen) atoms. The van der Waals surface area contributed by atoms with Gasteiger partial charge in [0, 0.05) is 44.5 Å². The van der Waals surface area contributed by atoms with E-state index in [1.807, 2.05) is 24.3 Å². The Morgan fingerprint density at radius 1 is 0.941 bits per heavy atom. The maximum Gasteiger partial charge on any atom is 0.231 e. The summed E-state index contributed by atoms with van der Waals surface area (Å²) in [6.07, 6.45) is 10.8. The Labute approximate surface area is 201 Å². The number of likely N-dealkylation sites (tertiary alicyclic amines) is 1. The molecule has 1 N–H and O–H groups in total. The number of hydrogen-bond donors (Lipinski definition) is 1. The molecule has 0 bridgehead atoms. The molecular formula is C27H35N5O2. The van der Waals surface area contributed by atoms with Crippen LogP contribution in [0.3, 0.4) is 0 Å². The van der Waals surface area contributed by atoms with E-state index in [4.69, 9.17) is 0 Å². The van der Waals surface area contributed by atoms with Crippen molar-refractivity contribution in [2.24, 2.45) is 11.8 Å². The van der Waals surface area contributed by atoms with E-state index in [1.54, 1.807) is 6.20 Å². The van der Waals surface area contributed by atoms with Gasteiger partial charge in [-0.15, -0.1) is 5.10 Å². The van der Waals surface area contributed by atoms with E-state index in [9.17, 15) is 9.59 Å². The molecule has 5 rings (SSSR count). The Morgan fingerprint density at radius 3 is 2.35 bits per heavy atom. The summed E-state index contributed by atoms with van der Waals surface area (Å²) in [6, 6.07) is 12.0. The number of piperidine rings is 1. The topological polar surface area (TPSA) is 78.4 Å². The average molecular weight is 462 g/mol. The van der Waals surface area contributed by atoms with Crippen molar-refractivity contribution in [1.29, 1.82) is 0 Å². The zero-order chi connectivity index (χ0) is 23.3. The van der Waals surface area contributed by atoms with E-state index in [2.05, 4.69) is 37.4 Å². The molecule has 0 unspecified atom stereocenters. The van der Waals surface area contributed by atoms with Gasteiger partial charge in [-0.2, -0.15) is 5.10 Å². The highest BCUT2D eigenvalue weighted by Gasteiger charge is 2.33. The maximum atomic E-state index is 12.7. The molecule has 1 aromatic heterocycles. The van der Waals surface area contributed by atoms with E-state index in [1.165, 1.54) is 37.7 Å². The molecule has 0 atom stereocenters. The zero-order valence-corrected chi connectivity index (χ0v) is 19.9. The fraction of sp³-hybridized carbons (Fsp3) is 0.556. The van der Waals surface area contributed by atoms with Crippen molar-refractivity contribution in [3.05, 3.63) is 48.2 Å². The Balaban J connectivity index is 1.06. The third-order valence-corrected chi connectivity index (χ3v) is 7.82. The molecule has 2 amide bonds. The van der Waals surface area contributed by atoms with Gasteiger partial charge >= 0.3 is 0 Å². The number of amides is 2. The molecule has 1 saturated carbocycles. The number of nitrogens with zero attached hydrogens (tertiary/aromatic N) is 4. The van der Waals surface area contributed by atoms with Crippen molar-refractivity contribution in [2.45, 2.75) is 57.3 Å². The minimum Gasteiger partial charge on any atom is -0.353 e. The van der Waals surface area contributed by atoms with Crippen LogP contribution in [0.4, 0.5) is 11.5 Å². The lowest BCUT2D eigenvalue weighted by molar-refractivity contribution is -0.133. The fourth-order valence-electron chi connectivity index (χ4n) is 5.61. The van der Waals surface area contributed by atoms with Gasteiger partial charge in [-0.3, -0.25) is 9.59 Å². The van der Waals surface area contributed by atoms with Gasteiger partial charge in [0.1, 0.15) is 0 Å². The summed E-state index contributed by atoms with van der Waals surface area (Å²) in [5.41, 5.74) is 2.14. The molecule has 3 fully saturated rings. The van der Waals surface area contributed by atoms with Crippen molar-refractivity contribution >= 4 is 23.3 Å². The molecule has 3 heterocycles. The molecule has 1 aromatic carbocycles. The van der Waals surface area contributed by atoms with E-state index in [-0.39, 0.29) is 11.8 Å². The van der Waals surface area contributed by atoms with Crippen LogP contribution in [0.25, 0.3) is 0 Å². The van der Waals surface area contributed by atoms with Gasteiger partial charge in [-0.1, -0.05) is 31.4 Å². The van der Waals surface area contributed by atoms with Gasteiger partial charge in [0.15, 0.2) is 5.82 Å². The average Bonchev–Trinajstić information content (AvgIpc) is 2.85. The van der Waals surface area contributed by atoms with E-state index in [0.717, 1.165) is 43.9 Å². The van der Waals surface area contributed by atoms with Gasteiger partial charge in [0.2, 0.25) is 11.8 Å². The smallest absolute Gasteiger partial charge is 0.231 e. The first kappa shape index (κ1) is 22.8. The molecule has 7 nitrogen and oxygen atoms in total. The predicted molar refractivity (Wildman–Crippen MR) is 133 cm³/mol. The van der Waals surface area contributed by atoms with Crippen molar-refractivity contribution in [3.63, 3.8) is 0 Å². The predicted octanol–water partition coefficient (Wildman–Crippen LogP) is 4.23. The lowest BCUT2D eigenvalue weighted by Crippen LogP contribution is -2.52. The first-order chi connectivity index (χ1) is 16.7. The number of hydrogen-bond acceptors (Lipinski definition) is 5. The lowest BCUT2D eigenvalue weighted by atomic mass is 9.85. The standard InChI is InChI=1S/C27H35N5O2/c33-26(17-20-5-2-1-3-6-20)31-15-12-22(13-16-31)21-8-10-24(11-9-21)29-27(34)23-18-32(19-23)25-7-4-14-28-30-25/h4,7-11,14,20,22-23H,1-3,5-6,12-13,15-19H2,(H,29,34). The van der Waals surface area contributed by atoms with Crippen LogP contribution in [-0.4, -0.2) is 53.1 Å².